The van der Waals surface area contributed by atoms with Crippen LogP contribution in [0.3, 0.4) is 0 Å². The van der Waals surface area contributed by atoms with Gasteiger partial charge in [0.25, 0.3) is 5.91 Å². The Labute approximate surface area is 121 Å². The maximum Gasteiger partial charge on any atom is 0.255 e. The Kier molecular flexibility index (Phi) is 4.14. The standard InChI is InChI=1S/C14H11ClN2OS/c15-11-4-6-12(7-5-11)17-14(18)10-3-1-2-9(8-10)13(16)19/h1-8H,(H2,16,19)(H,17,18). The lowest BCUT2D eigenvalue weighted by molar-refractivity contribution is 0.102. The average Bonchev–Trinajstić information content (AvgIpc) is 2.41. The van der Waals surface area contributed by atoms with Crippen LogP contribution in [0.15, 0.2) is 48.5 Å². The van der Waals surface area contributed by atoms with E-state index < -0.39 is 0 Å². The molecule has 0 saturated heterocycles. The highest BCUT2D eigenvalue weighted by atomic mass is 35.5. The molecule has 3 N–H and O–H groups in total. The summed E-state index contributed by atoms with van der Waals surface area (Å²) in [5, 5.41) is 3.39. The highest BCUT2D eigenvalue weighted by Gasteiger charge is 2.07. The number of carbonyl (C=O) groups is 1. The van der Waals surface area contributed by atoms with Crippen LogP contribution in [0.2, 0.25) is 5.02 Å². The van der Waals surface area contributed by atoms with Gasteiger partial charge in [-0.2, -0.15) is 0 Å². The summed E-state index contributed by atoms with van der Waals surface area (Å²) in [6, 6.07) is 13.8. The van der Waals surface area contributed by atoms with Crippen molar-refractivity contribution in [1.82, 2.24) is 0 Å². The Morgan fingerprint density at radius 2 is 1.74 bits per heavy atom. The molecule has 0 aromatic heterocycles. The maximum atomic E-state index is 12.0. The van der Waals surface area contributed by atoms with Gasteiger partial charge >= 0.3 is 0 Å². The van der Waals surface area contributed by atoms with E-state index in [0.29, 0.717) is 21.8 Å². The predicted octanol–water partition coefficient (Wildman–Crippen LogP) is 3.23. The lowest BCUT2D eigenvalue weighted by Gasteiger charge is -2.06. The Balaban J connectivity index is 2.18. The zero-order chi connectivity index (χ0) is 13.8. The lowest BCUT2D eigenvalue weighted by atomic mass is 10.1. The van der Waals surface area contributed by atoms with Crippen molar-refractivity contribution in [1.29, 1.82) is 0 Å². The van der Waals surface area contributed by atoms with Crippen LogP contribution in [-0.4, -0.2) is 10.9 Å². The number of rotatable bonds is 3. The van der Waals surface area contributed by atoms with Gasteiger partial charge in [0.15, 0.2) is 0 Å². The van der Waals surface area contributed by atoms with Gasteiger partial charge in [-0.25, -0.2) is 0 Å². The Hall–Kier alpha value is -1.91. The number of benzene rings is 2. The molecule has 2 aromatic rings. The summed E-state index contributed by atoms with van der Waals surface area (Å²) in [6.07, 6.45) is 0. The van der Waals surface area contributed by atoms with Crippen molar-refractivity contribution < 1.29 is 4.79 Å². The van der Waals surface area contributed by atoms with Gasteiger partial charge in [0.05, 0.1) is 0 Å². The SMILES string of the molecule is NC(=S)c1cccc(C(=O)Nc2ccc(Cl)cc2)c1. The van der Waals surface area contributed by atoms with Crippen LogP contribution in [0.4, 0.5) is 5.69 Å². The Morgan fingerprint density at radius 1 is 1.11 bits per heavy atom. The first-order valence-electron chi connectivity index (χ1n) is 5.53. The van der Waals surface area contributed by atoms with Crippen LogP contribution in [0.25, 0.3) is 0 Å². The summed E-state index contributed by atoms with van der Waals surface area (Å²) in [6.45, 7) is 0. The zero-order valence-corrected chi connectivity index (χ0v) is 11.5. The molecular formula is C14H11ClN2OS. The van der Waals surface area contributed by atoms with Gasteiger partial charge in [-0.1, -0.05) is 36.0 Å². The fourth-order valence-corrected chi connectivity index (χ4v) is 1.80. The topological polar surface area (TPSA) is 55.1 Å². The van der Waals surface area contributed by atoms with Gasteiger partial charge in [0.1, 0.15) is 4.99 Å². The summed E-state index contributed by atoms with van der Waals surface area (Å²) < 4.78 is 0. The number of nitrogens with one attached hydrogen (secondary N) is 1. The maximum absolute atomic E-state index is 12.0. The number of hydrogen-bond acceptors (Lipinski definition) is 2. The highest BCUT2D eigenvalue weighted by Crippen LogP contribution is 2.15. The summed E-state index contributed by atoms with van der Waals surface area (Å²) in [7, 11) is 0. The normalized spacial score (nSPS) is 9.95. The van der Waals surface area contributed by atoms with E-state index in [4.69, 9.17) is 29.6 Å². The van der Waals surface area contributed by atoms with Crippen molar-refractivity contribution in [3.63, 3.8) is 0 Å². The molecule has 0 atom stereocenters. The minimum atomic E-state index is -0.222. The fourth-order valence-electron chi connectivity index (χ4n) is 1.55. The van der Waals surface area contributed by atoms with E-state index in [1.54, 1.807) is 48.5 Å². The predicted molar refractivity (Wildman–Crippen MR) is 81.7 cm³/mol. The third-order valence-corrected chi connectivity index (χ3v) is 3.00. The zero-order valence-electron chi connectivity index (χ0n) is 9.89. The van der Waals surface area contributed by atoms with Crippen LogP contribution < -0.4 is 11.1 Å². The van der Waals surface area contributed by atoms with E-state index in [2.05, 4.69) is 5.32 Å². The molecule has 0 radical (unpaired) electrons. The molecule has 1 amide bonds. The van der Waals surface area contributed by atoms with E-state index in [1.807, 2.05) is 0 Å². The van der Waals surface area contributed by atoms with E-state index in [9.17, 15) is 4.79 Å². The number of nitrogens with two attached hydrogens (primary N) is 1. The smallest absolute Gasteiger partial charge is 0.255 e. The molecule has 0 aliphatic rings. The molecule has 2 rings (SSSR count). The summed E-state index contributed by atoms with van der Waals surface area (Å²) in [4.78, 5) is 12.3. The number of amides is 1. The van der Waals surface area contributed by atoms with E-state index >= 15 is 0 Å². The number of anilines is 1. The largest absolute Gasteiger partial charge is 0.389 e. The van der Waals surface area contributed by atoms with Crippen LogP contribution in [0, 0.1) is 0 Å². The molecule has 0 bridgehead atoms. The molecular weight excluding hydrogens is 280 g/mol. The van der Waals surface area contributed by atoms with E-state index in [0.717, 1.165) is 0 Å². The summed E-state index contributed by atoms with van der Waals surface area (Å²) in [5.74, 6) is -0.222. The van der Waals surface area contributed by atoms with Crippen molar-refractivity contribution in [2.75, 3.05) is 5.32 Å². The number of halogens is 1. The van der Waals surface area contributed by atoms with Crippen LogP contribution >= 0.6 is 23.8 Å². The van der Waals surface area contributed by atoms with Crippen molar-refractivity contribution in [2.45, 2.75) is 0 Å². The van der Waals surface area contributed by atoms with Crippen molar-refractivity contribution >= 4 is 40.4 Å². The molecule has 0 aliphatic carbocycles. The minimum Gasteiger partial charge on any atom is -0.389 e. The third-order valence-electron chi connectivity index (χ3n) is 2.51. The Bertz CT molecular complexity index is 626. The molecule has 19 heavy (non-hydrogen) atoms. The van der Waals surface area contributed by atoms with Gasteiger partial charge < -0.3 is 11.1 Å². The summed E-state index contributed by atoms with van der Waals surface area (Å²) >= 11 is 10.7. The number of thiocarbonyl (C=S) groups is 1. The molecule has 5 heteroatoms. The van der Waals surface area contributed by atoms with Crippen molar-refractivity contribution in [2.24, 2.45) is 5.73 Å². The lowest BCUT2D eigenvalue weighted by Crippen LogP contribution is -2.14. The van der Waals surface area contributed by atoms with Gasteiger partial charge in [0.2, 0.25) is 0 Å². The third kappa shape index (κ3) is 3.53. The molecule has 0 fully saturated rings. The van der Waals surface area contributed by atoms with E-state index in [-0.39, 0.29) is 10.9 Å². The second-order valence-corrected chi connectivity index (χ2v) is 4.78. The van der Waals surface area contributed by atoms with Gasteiger partial charge in [0, 0.05) is 21.8 Å². The second kappa shape index (κ2) is 5.82. The minimum absolute atomic E-state index is 0.222. The molecule has 0 heterocycles. The summed E-state index contributed by atoms with van der Waals surface area (Å²) in [5.41, 5.74) is 7.38. The highest BCUT2D eigenvalue weighted by molar-refractivity contribution is 7.80. The van der Waals surface area contributed by atoms with Gasteiger partial charge in [-0.15, -0.1) is 0 Å². The van der Waals surface area contributed by atoms with Crippen molar-refractivity contribution in [3.8, 4) is 0 Å². The van der Waals surface area contributed by atoms with Crippen molar-refractivity contribution in [3.05, 3.63) is 64.7 Å². The van der Waals surface area contributed by atoms with Crippen LogP contribution in [-0.2, 0) is 0 Å². The van der Waals surface area contributed by atoms with Crippen LogP contribution in [0.1, 0.15) is 15.9 Å². The molecule has 0 spiro atoms. The first-order valence-corrected chi connectivity index (χ1v) is 6.31. The van der Waals surface area contributed by atoms with Crippen LogP contribution in [0.5, 0.6) is 0 Å². The average molecular weight is 291 g/mol. The molecule has 0 saturated carbocycles. The van der Waals surface area contributed by atoms with Gasteiger partial charge in [-0.3, -0.25) is 4.79 Å². The second-order valence-electron chi connectivity index (χ2n) is 3.91. The number of hydrogen-bond donors (Lipinski definition) is 2. The van der Waals surface area contributed by atoms with Gasteiger partial charge in [-0.05, 0) is 36.4 Å². The quantitative estimate of drug-likeness (QED) is 0.853. The number of carbonyl (C=O) groups excluding carboxylic acids is 1. The molecule has 96 valence electrons. The van der Waals surface area contributed by atoms with E-state index in [1.165, 1.54) is 0 Å². The monoisotopic (exact) mass is 290 g/mol. The molecule has 0 unspecified atom stereocenters. The first kappa shape index (κ1) is 13.5. The molecule has 3 nitrogen and oxygen atoms in total. The molecule has 2 aromatic carbocycles. The molecule has 0 aliphatic heterocycles. The fraction of sp³-hybridized carbons (Fsp3) is 0. The Morgan fingerprint density at radius 3 is 2.37 bits per heavy atom. The first-order chi connectivity index (χ1) is 9.06.